The van der Waals surface area contributed by atoms with Crippen molar-refractivity contribution in [3.05, 3.63) is 27.4 Å². The number of aromatic nitrogens is 4. The lowest BCUT2D eigenvalue weighted by molar-refractivity contribution is -0.193. The van der Waals surface area contributed by atoms with Gasteiger partial charge in [0.1, 0.15) is 11.2 Å². The smallest absolute Gasteiger partial charge is 0.475 e. The molecule has 3 rings (SSSR count). The highest BCUT2D eigenvalue weighted by atomic mass is 79.9. The Morgan fingerprint density at radius 1 is 1.03 bits per heavy atom. The van der Waals surface area contributed by atoms with Crippen LogP contribution in [0.4, 0.5) is 32.3 Å². The summed E-state index contributed by atoms with van der Waals surface area (Å²) in [5, 5.41) is 17.2. The van der Waals surface area contributed by atoms with Crippen molar-refractivity contribution < 1.29 is 46.1 Å². The summed E-state index contributed by atoms with van der Waals surface area (Å²) in [4.78, 5) is 33.0. The van der Waals surface area contributed by atoms with Crippen molar-refractivity contribution >= 4 is 60.8 Å². The molecule has 0 aliphatic heterocycles. The predicted molar refractivity (Wildman–Crippen MR) is 106 cm³/mol. The number of hydrogen-bond donors (Lipinski definition) is 5. The van der Waals surface area contributed by atoms with E-state index in [0.29, 0.717) is 0 Å². The number of aliphatic carboxylic acids is 2. The normalized spacial score (nSPS) is 11.2. The predicted octanol–water partition coefficient (Wildman–Crippen LogP) is 4.79. The third-order valence-electron chi connectivity index (χ3n) is 3.10. The molecule has 176 valence electrons. The third-order valence-corrected chi connectivity index (χ3v) is 4.89. The number of carboxylic acids is 2. The Hall–Kier alpha value is -2.82. The summed E-state index contributed by atoms with van der Waals surface area (Å²) in [6.45, 7) is 0. The molecule has 9 nitrogen and oxygen atoms in total. The van der Waals surface area contributed by atoms with Crippen molar-refractivity contribution in [2.45, 2.75) is 12.4 Å². The number of H-pyrrole nitrogens is 2. The van der Waals surface area contributed by atoms with E-state index in [2.05, 4.69) is 57.1 Å². The van der Waals surface area contributed by atoms with Gasteiger partial charge < -0.3 is 25.5 Å². The average molecular weight is 599 g/mol. The van der Waals surface area contributed by atoms with Crippen LogP contribution in [0.5, 0.6) is 0 Å². The topological polar surface area (TPSA) is 144 Å². The molecule has 32 heavy (non-hydrogen) atoms. The molecule has 0 aliphatic rings. The molecule has 0 amide bonds. The molecule has 0 atom stereocenters. The van der Waals surface area contributed by atoms with E-state index in [1.807, 2.05) is 19.2 Å². The Kier molecular flexibility index (Phi) is 9.07. The van der Waals surface area contributed by atoms with E-state index in [4.69, 9.17) is 19.8 Å². The molecule has 5 N–H and O–H groups in total. The van der Waals surface area contributed by atoms with Gasteiger partial charge in [-0.25, -0.2) is 14.6 Å². The zero-order valence-corrected chi connectivity index (χ0v) is 18.5. The first-order chi connectivity index (χ1) is 14.6. The molecule has 0 saturated heterocycles. The second-order valence-corrected chi connectivity index (χ2v) is 6.99. The second-order valence-electron chi connectivity index (χ2n) is 5.34. The summed E-state index contributed by atoms with van der Waals surface area (Å²) in [5.41, 5.74) is 3.51. The SMILES string of the molecule is CNc1nc2c(-c3cc(Br)c(Br)[nH]3)nccc2[nH]1.O=C(O)C(F)(F)F.O=C(O)C(F)(F)F. The molecular weight excluding hydrogens is 588 g/mol. The first kappa shape index (κ1) is 27.2. The number of anilines is 1. The maximum absolute atomic E-state index is 10.6. The zero-order valence-electron chi connectivity index (χ0n) is 15.4. The molecule has 0 spiro atoms. The van der Waals surface area contributed by atoms with Crippen LogP contribution in [0.2, 0.25) is 0 Å². The third kappa shape index (κ3) is 7.70. The first-order valence-corrected chi connectivity index (χ1v) is 9.33. The minimum Gasteiger partial charge on any atom is -0.475 e. The van der Waals surface area contributed by atoms with Crippen molar-refractivity contribution in [2.75, 3.05) is 12.4 Å². The largest absolute Gasteiger partial charge is 0.490 e. The van der Waals surface area contributed by atoms with Crippen molar-refractivity contribution in [1.82, 2.24) is 19.9 Å². The lowest BCUT2D eigenvalue weighted by Gasteiger charge is -1.97. The van der Waals surface area contributed by atoms with E-state index >= 15 is 0 Å². The van der Waals surface area contributed by atoms with Crippen LogP contribution >= 0.6 is 31.9 Å². The van der Waals surface area contributed by atoms with Crippen LogP contribution in [0, 0.1) is 0 Å². The quantitative estimate of drug-likeness (QED) is 0.267. The number of hydrogen-bond acceptors (Lipinski definition) is 5. The van der Waals surface area contributed by atoms with Gasteiger partial charge in [0.25, 0.3) is 0 Å². The standard InChI is InChI=1S/C11H9Br2N5.2C2HF3O2/c1-14-11-17-6-2-3-15-8(9(6)18-11)7-4-5(12)10(13)16-7;2*3-2(4,5)1(6)7/h2-4,16H,1H3,(H2,14,17,18);2*(H,6,7). The van der Waals surface area contributed by atoms with Gasteiger partial charge in [-0.1, -0.05) is 0 Å². The van der Waals surface area contributed by atoms with E-state index in [0.717, 1.165) is 37.4 Å². The van der Waals surface area contributed by atoms with Crippen molar-refractivity contribution in [1.29, 1.82) is 0 Å². The number of carboxylic acid groups (broad SMARTS) is 2. The van der Waals surface area contributed by atoms with Gasteiger partial charge in [-0.3, -0.25) is 4.98 Å². The second kappa shape index (κ2) is 10.7. The Bertz CT molecular complexity index is 1050. The highest BCUT2D eigenvalue weighted by Crippen LogP contribution is 2.31. The van der Waals surface area contributed by atoms with Crippen molar-refractivity contribution in [2.24, 2.45) is 0 Å². The number of rotatable bonds is 2. The Morgan fingerprint density at radius 3 is 1.91 bits per heavy atom. The number of nitrogens with one attached hydrogen (secondary N) is 3. The van der Waals surface area contributed by atoms with Crippen LogP contribution in [0.25, 0.3) is 22.4 Å². The van der Waals surface area contributed by atoms with E-state index < -0.39 is 24.3 Å². The van der Waals surface area contributed by atoms with Crippen LogP contribution in [0.1, 0.15) is 0 Å². The molecule has 17 heteroatoms. The number of carbonyl (C=O) groups is 2. The molecule has 0 saturated carbocycles. The molecule has 0 radical (unpaired) electrons. The van der Waals surface area contributed by atoms with E-state index in [1.165, 1.54) is 0 Å². The molecule has 3 heterocycles. The fourth-order valence-electron chi connectivity index (χ4n) is 1.78. The fraction of sp³-hybridized carbons (Fsp3) is 0.200. The maximum Gasteiger partial charge on any atom is 0.490 e. The summed E-state index contributed by atoms with van der Waals surface area (Å²) < 4.78 is 65.3. The van der Waals surface area contributed by atoms with Crippen LogP contribution in [-0.2, 0) is 9.59 Å². The van der Waals surface area contributed by atoms with E-state index in [-0.39, 0.29) is 0 Å². The molecule has 0 fully saturated rings. The summed E-state index contributed by atoms with van der Waals surface area (Å²) in [5.74, 6) is -4.79. The number of alkyl halides is 6. The minimum absolute atomic E-state index is 0.726. The average Bonchev–Trinajstić information content (AvgIpc) is 3.24. The van der Waals surface area contributed by atoms with Gasteiger partial charge >= 0.3 is 24.3 Å². The van der Waals surface area contributed by atoms with Gasteiger partial charge in [0.05, 0.1) is 20.3 Å². The van der Waals surface area contributed by atoms with Gasteiger partial charge in [-0.15, -0.1) is 0 Å². The zero-order chi connectivity index (χ0) is 24.9. The highest BCUT2D eigenvalue weighted by molar-refractivity contribution is 9.13. The van der Waals surface area contributed by atoms with E-state index in [9.17, 15) is 26.3 Å². The lowest BCUT2D eigenvalue weighted by Crippen LogP contribution is -2.21. The highest BCUT2D eigenvalue weighted by Gasteiger charge is 2.38. The monoisotopic (exact) mass is 597 g/mol. The van der Waals surface area contributed by atoms with E-state index in [1.54, 1.807) is 6.20 Å². The molecule has 0 aliphatic carbocycles. The Balaban J connectivity index is 0.000000305. The number of fused-ring (bicyclic) bond motifs is 1. The Labute approximate surface area is 190 Å². The fourth-order valence-corrected chi connectivity index (χ4v) is 2.44. The molecule has 0 bridgehead atoms. The van der Waals surface area contributed by atoms with Gasteiger partial charge in [-0.2, -0.15) is 26.3 Å². The number of imidazole rings is 1. The van der Waals surface area contributed by atoms with Gasteiger partial charge in [0.2, 0.25) is 5.95 Å². The molecule has 0 unspecified atom stereocenters. The first-order valence-electron chi connectivity index (χ1n) is 7.75. The Morgan fingerprint density at radius 2 is 1.53 bits per heavy atom. The summed E-state index contributed by atoms with van der Waals surface area (Å²) in [6, 6.07) is 3.87. The van der Waals surface area contributed by atoms with Crippen LogP contribution < -0.4 is 5.32 Å². The molecule has 3 aromatic rings. The number of aromatic amines is 2. The van der Waals surface area contributed by atoms with Gasteiger partial charge in [-0.05, 0) is 44.0 Å². The van der Waals surface area contributed by atoms with Crippen molar-refractivity contribution in [3.63, 3.8) is 0 Å². The summed E-state index contributed by atoms with van der Waals surface area (Å²) >= 11 is 6.88. The van der Waals surface area contributed by atoms with Gasteiger partial charge in [0.15, 0.2) is 0 Å². The van der Waals surface area contributed by atoms with Crippen LogP contribution in [0.15, 0.2) is 27.4 Å². The van der Waals surface area contributed by atoms with Crippen LogP contribution in [-0.4, -0.2) is 61.5 Å². The number of pyridine rings is 1. The summed E-state index contributed by atoms with van der Waals surface area (Å²) in [6.07, 6.45) is -8.40. The minimum atomic E-state index is -5.08. The molecular formula is C15H11Br2F6N5O4. The lowest BCUT2D eigenvalue weighted by atomic mass is 10.2. The molecule has 0 aromatic carbocycles. The van der Waals surface area contributed by atoms with Crippen molar-refractivity contribution in [3.8, 4) is 11.4 Å². The summed E-state index contributed by atoms with van der Waals surface area (Å²) in [7, 11) is 1.83. The number of nitrogens with zero attached hydrogens (tertiary/aromatic N) is 2. The van der Waals surface area contributed by atoms with Gasteiger partial charge in [0, 0.05) is 13.2 Å². The number of halogens is 8. The van der Waals surface area contributed by atoms with Crippen LogP contribution in [0.3, 0.4) is 0 Å². The molecule has 3 aromatic heterocycles. The maximum atomic E-state index is 10.6.